The van der Waals surface area contributed by atoms with Crippen molar-refractivity contribution < 1.29 is 14.7 Å². The number of amides is 1. The number of carbonyl (C=O) groups excluding carboxylic acids is 1. The number of hydrogen-bond acceptors (Lipinski definition) is 2. The molecule has 2 aliphatic rings. The van der Waals surface area contributed by atoms with Gasteiger partial charge in [-0.05, 0) is 37.5 Å². The number of carbonyl (C=O) groups is 2. The van der Waals surface area contributed by atoms with Crippen molar-refractivity contribution in [2.24, 2.45) is 17.8 Å². The highest BCUT2D eigenvalue weighted by atomic mass is 16.4. The fourth-order valence-electron chi connectivity index (χ4n) is 3.19. The Balaban J connectivity index is 1.86. The van der Waals surface area contributed by atoms with Crippen molar-refractivity contribution in [3.63, 3.8) is 0 Å². The van der Waals surface area contributed by atoms with Gasteiger partial charge in [-0.1, -0.05) is 32.6 Å². The molecule has 19 heavy (non-hydrogen) atoms. The number of carboxylic acid groups (broad SMARTS) is 1. The van der Waals surface area contributed by atoms with Crippen molar-refractivity contribution in [1.82, 2.24) is 5.32 Å². The summed E-state index contributed by atoms with van der Waals surface area (Å²) in [5.41, 5.74) is 0. The number of nitrogens with one attached hydrogen (secondary N) is 1. The van der Waals surface area contributed by atoms with E-state index in [1.807, 2.05) is 6.92 Å². The van der Waals surface area contributed by atoms with Gasteiger partial charge in [-0.2, -0.15) is 0 Å². The lowest BCUT2D eigenvalue weighted by atomic mass is 9.90. The maximum absolute atomic E-state index is 12.2. The molecule has 0 spiro atoms. The Labute approximate surface area is 115 Å². The number of carboxylic acids is 1. The fourth-order valence-corrected chi connectivity index (χ4v) is 3.19. The van der Waals surface area contributed by atoms with E-state index in [-0.39, 0.29) is 17.7 Å². The Hall–Kier alpha value is -1.06. The Kier molecular flexibility index (Phi) is 4.83. The summed E-state index contributed by atoms with van der Waals surface area (Å²) in [6.45, 7) is 2.02. The van der Waals surface area contributed by atoms with Crippen LogP contribution in [-0.2, 0) is 9.59 Å². The zero-order chi connectivity index (χ0) is 13.8. The molecule has 0 heterocycles. The molecule has 0 aromatic rings. The second-order valence-corrected chi connectivity index (χ2v) is 6.15. The monoisotopic (exact) mass is 267 g/mol. The molecule has 0 bridgehead atoms. The van der Waals surface area contributed by atoms with Gasteiger partial charge in [-0.15, -0.1) is 0 Å². The predicted molar refractivity (Wildman–Crippen MR) is 72.6 cm³/mol. The van der Waals surface area contributed by atoms with Crippen LogP contribution in [0.1, 0.15) is 58.3 Å². The molecule has 2 rings (SSSR count). The Morgan fingerprint density at radius 2 is 1.84 bits per heavy atom. The molecule has 0 radical (unpaired) electrons. The SMILES string of the molecule is CCC(CC1CCCC1)C(=O)NC(C(=O)O)C1CC1. The number of hydrogen-bond donors (Lipinski definition) is 2. The average molecular weight is 267 g/mol. The molecule has 0 aliphatic heterocycles. The van der Waals surface area contributed by atoms with Gasteiger partial charge in [0.1, 0.15) is 6.04 Å². The Morgan fingerprint density at radius 1 is 1.21 bits per heavy atom. The summed E-state index contributed by atoms with van der Waals surface area (Å²) >= 11 is 0. The largest absolute Gasteiger partial charge is 0.480 e. The second-order valence-electron chi connectivity index (χ2n) is 6.15. The summed E-state index contributed by atoms with van der Waals surface area (Å²) in [5.74, 6) is -0.116. The minimum Gasteiger partial charge on any atom is -0.480 e. The van der Waals surface area contributed by atoms with E-state index in [1.165, 1.54) is 25.7 Å². The molecule has 0 aromatic heterocycles. The van der Waals surface area contributed by atoms with Crippen molar-refractivity contribution in [3.8, 4) is 0 Å². The molecular weight excluding hydrogens is 242 g/mol. The van der Waals surface area contributed by atoms with E-state index in [0.29, 0.717) is 5.92 Å². The summed E-state index contributed by atoms with van der Waals surface area (Å²) < 4.78 is 0. The van der Waals surface area contributed by atoms with Gasteiger partial charge in [0.25, 0.3) is 0 Å². The van der Waals surface area contributed by atoms with Gasteiger partial charge in [0.05, 0.1) is 0 Å². The van der Waals surface area contributed by atoms with E-state index in [4.69, 9.17) is 5.11 Å². The lowest BCUT2D eigenvalue weighted by Gasteiger charge is -2.21. The third-order valence-corrected chi connectivity index (χ3v) is 4.61. The highest BCUT2D eigenvalue weighted by molar-refractivity contribution is 5.85. The molecule has 2 aliphatic carbocycles. The third-order valence-electron chi connectivity index (χ3n) is 4.61. The van der Waals surface area contributed by atoms with Crippen molar-refractivity contribution in [3.05, 3.63) is 0 Å². The first-order chi connectivity index (χ1) is 9.11. The van der Waals surface area contributed by atoms with Gasteiger partial charge in [0, 0.05) is 5.92 Å². The molecule has 2 saturated carbocycles. The van der Waals surface area contributed by atoms with E-state index in [9.17, 15) is 9.59 Å². The van der Waals surface area contributed by atoms with Crippen LogP contribution in [0.2, 0.25) is 0 Å². The van der Waals surface area contributed by atoms with Gasteiger partial charge in [0.2, 0.25) is 5.91 Å². The van der Waals surface area contributed by atoms with Gasteiger partial charge in [-0.25, -0.2) is 4.79 Å². The minimum atomic E-state index is -0.883. The molecule has 4 nitrogen and oxygen atoms in total. The van der Waals surface area contributed by atoms with Crippen LogP contribution in [0.3, 0.4) is 0 Å². The molecule has 0 aromatic carbocycles. The first kappa shape index (κ1) is 14.4. The molecule has 2 atom stereocenters. The van der Waals surface area contributed by atoms with E-state index in [0.717, 1.165) is 25.7 Å². The van der Waals surface area contributed by atoms with E-state index in [1.54, 1.807) is 0 Å². The van der Waals surface area contributed by atoms with Crippen LogP contribution in [-0.4, -0.2) is 23.0 Å². The summed E-state index contributed by atoms with van der Waals surface area (Å²) in [6.07, 6.45) is 8.61. The van der Waals surface area contributed by atoms with Gasteiger partial charge >= 0.3 is 5.97 Å². The average Bonchev–Trinajstić information content (AvgIpc) is 3.09. The summed E-state index contributed by atoms with van der Waals surface area (Å²) in [5, 5.41) is 11.9. The summed E-state index contributed by atoms with van der Waals surface area (Å²) in [7, 11) is 0. The maximum Gasteiger partial charge on any atom is 0.326 e. The quantitative estimate of drug-likeness (QED) is 0.745. The number of rotatable bonds is 7. The van der Waals surface area contributed by atoms with Crippen molar-refractivity contribution in [2.75, 3.05) is 0 Å². The van der Waals surface area contributed by atoms with E-state index >= 15 is 0 Å². The smallest absolute Gasteiger partial charge is 0.326 e. The highest BCUT2D eigenvalue weighted by Crippen LogP contribution is 2.34. The summed E-state index contributed by atoms with van der Waals surface area (Å²) in [6, 6.07) is -0.662. The first-order valence-electron chi connectivity index (χ1n) is 7.65. The van der Waals surface area contributed by atoms with Gasteiger partial charge in [-0.3, -0.25) is 4.79 Å². The Morgan fingerprint density at radius 3 is 2.32 bits per heavy atom. The van der Waals surface area contributed by atoms with Crippen molar-refractivity contribution in [2.45, 2.75) is 64.3 Å². The zero-order valence-electron chi connectivity index (χ0n) is 11.7. The highest BCUT2D eigenvalue weighted by Gasteiger charge is 2.38. The standard InChI is InChI=1S/C15H25NO3/c1-2-11(9-10-5-3-4-6-10)14(17)16-13(15(18)19)12-7-8-12/h10-13H,2-9H2,1H3,(H,16,17)(H,18,19). The minimum absolute atomic E-state index is 0.0105. The van der Waals surface area contributed by atoms with E-state index in [2.05, 4.69) is 5.32 Å². The normalized spacial score (nSPS) is 23.0. The lowest BCUT2D eigenvalue weighted by molar-refractivity contribution is -0.143. The van der Waals surface area contributed by atoms with Crippen LogP contribution in [0.25, 0.3) is 0 Å². The first-order valence-corrected chi connectivity index (χ1v) is 7.65. The number of aliphatic carboxylic acids is 1. The van der Waals surface area contributed by atoms with Crippen molar-refractivity contribution in [1.29, 1.82) is 0 Å². The van der Waals surface area contributed by atoms with Crippen LogP contribution in [0.15, 0.2) is 0 Å². The van der Waals surface area contributed by atoms with Crippen LogP contribution in [0.4, 0.5) is 0 Å². The zero-order valence-corrected chi connectivity index (χ0v) is 11.7. The van der Waals surface area contributed by atoms with Crippen LogP contribution in [0.5, 0.6) is 0 Å². The molecule has 2 N–H and O–H groups in total. The molecule has 2 unspecified atom stereocenters. The third kappa shape index (κ3) is 3.95. The van der Waals surface area contributed by atoms with Crippen molar-refractivity contribution >= 4 is 11.9 Å². The van der Waals surface area contributed by atoms with Crippen LogP contribution in [0, 0.1) is 17.8 Å². The molecule has 1 amide bonds. The molecular formula is C15H25NO3. The van der Waals surface area contributed by atoms with Crippen LogP contribution < -0.4 is 5.32 Å². The second kappa shape index (κ2) is 6.40. The van der Waals surface area contributed by atoms with Gasteiger partial charge < -0.3 is 10.4 Å². The lowest BCUT2D eigenvalue weighted by Crippen LogP contribution is -2.45. The Bertz CT molecular complexity index is 332. The molecule has 4 heteroatoms. The molecule has 2 fully saturated rings. The van der Waals surface area contributed by atoms with E-state index < -0.39 is 12.0 Å². The molecule has 108 valence electrons. The van der Waals surface area contributed by atoms with Crippen LogP contribution >= 0.6 is 0 Å². The fraction of sp³-hybridized carbons (Fsp3) is 0.867. The predicted octanol–water partition coefficient (Wildman–Crippen LogP) is 2.57. The summed E-state index contributed by atoms with van der Waals surface area (Å²) in [4.78, 5) is 23.4. The maximum atomic E-state index is 12.2. The topological polar surface area (TPSA) is 66.4 Å². The van der Waals surface area contributed by atoms with Gasteiger partial charge in [0.15, 0.2) is 0 Å². The molecule has 0 saturated heterocycles.